The lowest BCUT2D eigenvalue weighted by molar-refractivity contribution is -0.193. The Balaban J connectivity index is 0.000000384. The van der Waals surface area contributed by atoms with Crippen LogP contribution in [0.2, 0.25) is 0 Å². The lowest BCUT2D eigenvalue weighted by Gasteiger charge is -2.42. The number of carboxylic acid groups (broad SMARTS) is 2. The van der Waals surface area contributed by atoms with Crippen LogP contribution in [0, 0.1) is 19.3 Å². The highest BCUT2D eigenvalue weighted by Crippen LogP contribution is 2.35. The van der Waals surface area contributed by atoms with Crippen molar-refractivity contribution in [1.82, 2.24) is 14.8 Å². The van der Waals surface area contributed by atoms with Gasteiger partial charge in [0.25, 0.3) is 5.91 Å². The lowest BCUT2D eigenvalue weighted by Crippen LogP contribution is -2.48. The maximum Gasteiger partial charge on any atom is 0.490 e. The van der Waals surface area contributed by atoms with Gasteiger partial charge in [-0.3, -0.25) is 14.7 Å². The third-order valence-corrected chi connectivity index (χ3v) is 6.74. The van der Waals surface area contributed by atoms with Crippen LogP contribution in [0.25, 0.3) is 0 Å². The smallest absolute Gasteiger partial charge is 0.475 e. The first kappa shape index (κ1) is 35.5. The number of alkyl halides is 6. The molecule has 0 atom stereocenters. The van der Waals surface area contributed by atoms with E-state index < -0.39 is 24.3 Å². The summed E-state index contributed by atoms with van der Waals surface area (Å²) >= 11 is 0. The van der Waals surface area contributed by atoms with Crippen LogP contribution < -0.4 is 0 Å². The van der Waals surface area contributed by atoms with Crippen LogP contribution in [-0.2, 0) is 20.9 Å². The molecule has 0 radical (unpaired) electrons. The number of aryl methyl sites for hydroxylation is 2. The molecule has 3 heterocycles. The molecule has 9 nitrogen and oxygen atoms in total. The van der Waals surface area contributed by atoms with Gasteiger partial charge in [0.15, 0.2) is 0 Å². The van der Waals surface area contributed by atoms with Gasteiger partial charge >= 0.3 is 24.3 Å². The molecule has 0 saturated carbocycles. The van der Waals surface area contributed by atoms with Crippen LogP contribution in [-0.4, -0.2) is 94.6 Å². The highest BCUT2D eigenvalue weighted by molar-refractivity contribution is 5.94. The predicted octanol–water partition coefficient (Wildman–Crippen LogP) is 4.72. The molecule has 2 fully saturated rings. The number of carbonyl (C=O) groups excluding carboxylic acids is 1. The number of nitrogens with zero attached hydrogens (tertiary/aromatic N) is 3. The molecule has 2 aromatic rings. The van der Waals surface area contributed by atoms with E-state index >= 15 is 0 Å². The Morgan fingerprint density at radius 3 is 1.84 bits per heavy atom. The van der Waals surface area contributed by atoms with Crippen LogP contribution in [0.5, 0.6) is 0 Å². The number of aromatic nitrogens is 1. The number of pyridine rings is 1. The highest BCUT2D eigenvalue weighted by atomic mass is 19.4. The molecule has 4 rings (SSSR count). The summed E-state index contributed by atoms with van der Waals surface area (Å²) in [5, 5.41) is 14.2. The SMILES string of the molecule is Cc1cc(C)cc(C(=O)N2CCC3(CC2)COCCN(Cc2ccncc2)C3)c1.O=C(O)C(F)(F)F.O=C(O)C(F)(F)F. The number of benzene rings is 1. The van der Waals surface area contributed by atoms with E-state index in [1.807, 2.05) is 29.4 Å². The Bertz CT molecular complexity index is 1190. The van der Waals surface area contributed by atoms with Crippen molar-refractivity contribution in [2.75, 3.05) is 39.4 Å². The number of rotatable bonds is 3. The van der Waals surface area contributed by atoms with E-state index in [1.54, 1.807) is 0 Å². The molecule has 1 amide bonds. The van der Waals surface area contributed by atoms with E-state index in [1.165, 1.54) is 5.56 Å². The number of likely N-dealkylation sites (tertiary alicyclic amines) is 1. The number of amides is 1. The van der Waals surface area contributed by atoms with Crippen molar-refractivity contribution < 1.29 is 55.7 Å². The first-order valence-electron chi connectivity index (χ1n) is 13.1. The second kappa shape index (κ2) is 15.1. The third-order valence-electron chi connectivity index (χ3n) is 6.74. The topological polar surface area (TPSA) is 120 Å². The van der Waals surface area contributed by atoms with E-state index in [2.05, 4.69) is 41.9 Å². The number of halogens is 6. The van der Waals surface area contributed by atoms with Crippen LogP contribution in [0.1, 0.15) is 39.9 Å². The molecular formula is C28H33F6N3O6. The lowest BCUT2D eigenvalue weighted by atomic mass is 9.78. The average molecular weight is 622 g/mol. The molecule has 1 spiro atoms. The summed E-state index contributed by atoms with van der Waals surface area (Å²) in [7, 11) is 0. The fourth-order valence-corrected chi connectivity index (χ4v) is 4.73. The van der Waals surface area contributed by atoms with Crippen molar-refractivity contribution in [3.63, 3.8) is 0 Å². The molecular weight excluding hydrogens is 588 g/mol. The Morgan fingerprint density at radius 1 is 0.884 bits per heavy atom. The molecule has 2 aliphatic rings. The first-order valence-corrected chi connectivity index (χ1v) is 13.1. The number of piperidine rings is 1. The maximum atomic E-state index is 13.0. The van der Waals surface area contributed by atoms with Crippen LogP contribution in [0.3, 0.4) is 0 Å². The van der Waals surface area contributed by atoms with E-state index in [0.717, 1.165) is 75.5 Å². The Kier molecular flexibility index (Phi) is 12.5. The van der Waals surface area contributed by atoms with E-state index in [9.17, 15) is 31.1 Å². The van der Waals surface area contributed by atoms with Gasteiger partial charge in [-0.25, -0.2) is 9.59 Å². The first-order chi connectivity index (χ1) is 19.9. The van der Waals surface area contributed by atoms with Gasteiger partial charge in [-0.05, 0) is 56.5 Å². The highest BCUT2D eigenvalue weighted by Gasteiger charge is 2.40. The molecule has 2 saturated heterocycles. The minimum Gasteiger partial charge on any atom is -0.475 e. The molecule has 43 heavy (non-hydrogen) atoms. The number of ether oxygens (including phenoxy) is 1. The van der Waals surface area contributed by atoms with E-state index in [-0.39, 0.29) is 11.3 Å². The number of aliphatic carboxylic acids is 2. The van der Waals surface area contributed by atoms with Gasteiger partial charge in [-0.2, -0.15) is 26.3 Å². The van der Waals surface area contributed by atoms with Gasteiger partial charge in [0.2, 0.25) is 0 Å². The summed E-state index contributed by atoms with van der Waals surface area (Å²) in [4.78, 5) is 39.5. The third kappa shape index (κ3) is 11.8. The minimum atomic E-state index is -5.08. The van der Waals surface area contributed by atoms with Gasteiger partial charge in [0.05, 0.1) is 13.2 Å². The number of hydrogen-bond acceptors (Lipinski definition) is 6. The van der Waals surface area contributed by atoms with Gasteiger partial charge in [-0.1, -0.05) is 17.2 Å². The molecule has 238 valence electrons. The summed E-state index contributed by atoms with van der Waals surface area (Å²) in [6.45, 7) is 10.2. The van der Waals surface area contributed by atoms with Gasteiger partial charge in [0, 0.05) is 56.1 Å². The number of carboxylic acids is 2. The molecule has 1 aromatic heterocycles. The van der Waals surface area contributed by atoms with Gasteiger partial charge in [0.1, 0.15) is 0 Å². The second-order valence-electron chi connectivity index (χ2n) is 10.4. The van der Waals surface area contributed by atoms with Crippen LogP contribution >= 0.6 is 0 Å². The predicted molar refractivity (Wildman–Crippen MR) is 141 cm³/mol. The Morgan fingerprint density at radius 2 is 1.37 bits per heavy atom. The molecule has 0 unspecified atom stereocenters. The monoisotopic (exact) mass is 621 g/mol. The number of carbonyl (C=O) groups is 3. The minimum absolute atomic E-state index is 0.142. The van der Waals surface area contributed by atoms with Crippen molar-refractivity contribution in [2.45, 2.75) is 45.6 Å². The quantitative estimate of drug-likeness (QED) is 0.473. The molecule has 0 aliphatic carbocycles. The Labute approximate surface area is 244 Å². The van der Waals surface area contributed by atoms with Gasteiger partial charge < -0.3 is 19.8 Å². The van der Waals surface area contributed by atoms with Crippen LogP contribution in [0.15, 0.2) is 42.7 Å². The fourth-order valence-electron chi connectivity index (χ4n) is 4.73. The standard InChI is InChI=1S/C24H31N3O2.2C2HF3O2/c1-19-13-20(2)15-22(14-19)23(28)27-9-5-24(6-10-27)17-26(11-12-29-18-24)16-21-3-7-25-8-4-21;2*3-2(4,5)1(6)7/h3-4,7-8,13-15H,5-6,9-12,16-18H2,1-2H3;2*(H,6,7). The largest absolute Gasteiger partial charge is 0.490 e. The van der Waals surface area contributed by atoms with Crippen LogP contribution in [0.4, 0.5) is 26.3 Å². The Hall–Kier alpha value is -3.72. The second-order valence-corrected chi connectivity index (χ2v) is 10.4. The maximum absolute atomic E-state index is 13.0. The summed E-state index contributed by atoms with van der Waals surface area (Å²) < 4.78 is 69.5. The molecule has 1 aromatic carbocycles. The zero-order valence-corrected chi connectivity index (χ0v) is 23.5. The summed E-state index contributed by atoms with van der Waals surface area (Å²) in [6.07, 6.45) is -4.46. The van der Waals surface area contributed by atoms with Crippen molar-refractivity contribution in [3.05, 3.63) is 65.0 Å². The van der Waals surface area contributed by atoms with Crippen molar-refractivity contribution in [1.29, 1.82) is 0 Å². The molecule has 2 aliphatic heterocycles. The molecule has 2 N–H and O–H groups in total. The summed E-state index contributed by atoms with van der Waals surface area (Å²) in [5.74, 6) is -5.35. The van der Waals surface area contributed by atoms with E-state index in [4.69, 9.17) is 24.5 Å². The average Bonchev–Trinajstić information content (AvgIpc) is 3.10. The zero-order valence-electron chi connectivity index (χ0n) is 23.5. The normalized spacial score (nSPS) is 17.1. The number of hydrogen-bond donors (Lipinski definition) is 2. The summed E-state index contributed by atoms with van der Waals surface area (Å²) in [5.41, 5.74) is 4.54. The van der Waals surface area contributed by atoms with Crippen molar-refractivity contribution in [2.24, 2.45) is 5.41 Å². The van der Waals surface area contributed by atoms with Gasteiger partial charge in [-0.15, -0.1) is 0 Å². The van der Waals surface area contributed by atoms with Crippen molar-refractivity contribution in [3.8, 4) is 0 Å². The van der Waals surface area contributed by atoms with Crippen molar-refractivity contribution >= 4 is 17.8 Å². The summed E-state index contributed by atoms with van der Waals surface area (Å²) in [6, 6.07) is 10.3. The molecule has 0 bridgehead atoms. The van der Waals surface area contributed by atoms with E-state index in [0.29, 0.717) is 0 Å². The zero-order chi connectivity index (χ0) is 32.4. The fraction of sp³-hybridized carbons (Fsp3) is 0.500. The molecule has 15 heteroatoms.